The molecular weight excluding hydrogens is 558 g/mol. The Morgan fingerprint density at radius 3 is 2.29 bits per heavy atom. The van der Waals surface area contributed by atoms with Crippen molar-refractivity contribution in [3.8, 4) is 11.4 Å². The fraction of sp³-hybridized carbons (Fsp3) is 0.233. The van der Waals surface area contributed by atoms with Crippen LogP contribution in [0.5, 0.6) is 0 Å². The Kier molecular flexibility index (Phi) is 6.99. The SMILES string of the molecule is FC(F)(F)C1=CC=CNC1c1ccc2c(Nc3ccc(C(F)(F)F)cc3)nc(-c3ccc(N4CCCC4)nc3)nc2c1. The minimum absolute atomic E-state index is 0.262. The van der Waals surface area contributed by atoms with Gasteiger partial charge in [-0.25, -0.2) is 15.0 Å². The lowest BCUT2D eigenvalue weighted by Crippen LogP contribution is -2.28. The molecule has 0 radical (unpaired) electrons. The van der Waals surface area contributed by atoms with Gasteiger partial charge in [0.1, 0.15) is 11.6 Å². The van der Waals surface area contributed by atoms with Gasteiger partial charge in [-0.2, -0.15) is 26.3 Å². The lowest BCUT2D eigenvalue weighted by molar-refractivity contribution is -0.137. The summed E-state index contributed by atoms with van der Waals surface area (Å²) in [6.45, 7) is 1.84. The van der Waals surface area contributed by atoms with Gasteiger partial charge >= 0.3 is 12.4 Å². The van der Waals surface area contributed by atoms with Crippen molar-refractivity contribution in [2.24, 2.45) is 0 Å². The van der Waals surface area contributed by atoms with Crippen molar-refractivity contribution in [1.82, 2.24) is 20.3 Å². The van der Waals surface area contributed by atoms with E-state index in [-0.39, 0.29) is 11.6 Å². The molecule has 1 atom stereocenters. The van der Waals surface area contributed by atoms with E-state index in [0.29, 0.717) is 27.7 Å². The molecule has 4 aromatic rings. The maximum absolute atomic E-state index is 13.8. The molecule has 6 nitrogen and oxygen atoms in total. The zero-order valence-corrected chi connectivity index (χ0v) is 22.0. The Morgan fingerprint density at radius 2 is 1.62 bits per heavy atom. The summed E-state index contributed by atoms with van der Waals surface area (Å²) in [5, 5.41) is 6.31. The van der Waals surface area contributed by atoms with Crippen LogP contribution in [0.4, 0.5) is 43.7 Å². The molecule has 2 N–H and O–H groups in total. The quantitative estimate of drug-likeness (QED) is 0.235. The van der Waals surface area contributed by atoms with Gasteiger partial charge < -0.3 is 15.5 Å². The van der Waals surface area contributed by atoms with Crippen LogP contribution < -0.4 is 15.5 Å². The van der Waals surface area contributed by atoms with Gasteiger partial charge in [0.25, 0.3) is 0 Å². The van der Waals surface area contributed by atoms with Crippen molar-refractivity contribution >= 4 is 28.2 Å². The van der Waals surface area contributed by atoms with Crippen LogP contribution >= 0.6 is 0 Å². The summed E-state index contributed by atoms with van der Waals surface area (Å²) in [6, 6.07) is 11.7. The number of dihydropyridines is 1. The summed E-state index contributed by atoms with van der Waals surface area (Å²) in [7, 11) is 0. The fourth-order valence-electron chi connectivity index (χ4n) is 5.10. The molecule has 0 bridgehead atoms. The van der Waals surface area contributed by atoms with Crippen molar-refractivity contribution in [2.45, 2.75) is 31.2 Å². The number of nitrogens with zero attached hydrogens (tertiary/aromatic N) is 4. The molecule has 4 heterocycles. The first-order chi connectivity index (χ1) is 20.1. The molecule has 0 spiro atoms. The summed E-state index contributed by atoms with van der Waals surface area (Å²) >= 11 is 0. The Morgan fingerprint density at radius 1 is 0.857 bits per heavy atom. The highest BCUT2D eigenvalue weighted by atomic mass is 19.4. The number of alkyl halides is 6. The van der Waals surface area contributed by atoms with Crippen LogP contribution in [0.1, 0.15) is 30.0 Å². The Hall–Kier alpha value is -4.61. The third kappa shape index (κ3) is 5.61. The van der Waals surface area contributed by atoms with Crippen LogP contribution in [0.3, 0.4) is 0 Å². The average molecular weight is 583 g/mol. The number of rotatable bonds is 5. The third-order valence-electron chi connectivity index (χ3n) is 7.24. The van der Waals surface area contributed by atoms with Gasteiger partial charge in [0.15, 0.2) is 5.82 Å². The molecule has 1 unspecified atom stereocenters. The maximum Gasteiger partial charge on any atom is 0.416 e. The van der Waals surface area contributed by atoms with E-state index in [1.54, 1.807) is 24.4 Å². The second-order valence-electron chi connectivity index (χ2n) is 10.1. The summed E-state index contributed by atoms with van der Waals surface area (Å²) < 4.78 is 80.6. The number of pyridine rings is 1. The highest BCUT2D eigenvalue weighted by Crippen LogP contribution is 2.39. The summed E-state index contributed by atoms with van der Waals surface area (Å²) in [6.07, 6.45) is -1.44. The van der Waals surface area contributed by atoms with Crippen molar-refractivity contribution in [3.05, 3.63) is 95.8 Å². The second-order valence-corrected chi connectivity index (χ2v) is 10.1. The van der Waals surface area contributed by atoms with Crippen LogP contribution in [0.2, 0.25) is 0 Å². The lowest BCUT2D eigenvalue weighted by Gasteiger charge is -2.25. The van der Waals surface area contributed by atoms with Crippen molar-refractivity contribution in [3.63, 3.8) is 0 Å². The Bertz CT molecular complexity index is 1650. The van der Waals surface area contributed by atoms with E-state index in [4.69, 9.17) is 0 Å². The zero-order valence-electron chi connectivity index (χ0n) is 22.0. The topological polar surface area (TPSA) is 66.0 Å². The number of hydrogen-bond acceptors (Lipinski definition) is 6. The van der Waals surface area contributed by atoms with Gasteiger partial charge in [-0.1, -0.05) is 12.1 Å². The van der Waals surface area contributed by atoms with Gasteiger partial charge in [-0.3, -0.25) is 0 Å². The van der Waals surface area contributed by atoms with E-state index in [1.807, 2.05) is 12.1 Å². The van der Waals surface area contributed by atoms with Gasteiger partial charge in [-0.05, 0) is 79.2 Å². The van der Waals surface area contributed by atoms with Crippen molar-refractivity contribution < 1.29 is 26.3 Å². The molecule has 2 aromatic heterocycles. The Labute approximate surface area is 236 Å². The van der Waals surface area contributed by atoms with Crippen LogP contribution in [0.15, 0.2) is 84.7 Å². The van der Waals surface area contributed by atoms with Crippen molar-refractivity contribution in [1.29, 1.82) is 0 Å². The number of hydrogen-bond donors (Lipinski definition) is 2. The van der Waals surface area contributed by atoms with E-state index >= 15 is 0 Å². The van der Waals surface area contributed by atoms with Crippen LogP contribution in [0, 0.1) is 0 Å². The van der Waals surface area contributed by atoms with Gasteiger partial charge in [-0.15, -0.1) is 0 Å². The minimum atomic E-state index is -4.55. The number of benzene rings is 2. The van der Waals surface area contributed by atoms with Crippen LogP contribution in [-0.2, 0) is 6.18 Å². The first-order valence-corrected chi connectivity index (χ1v) is 13.2. The number of allylic oxidation sites excluding steroid dienone is 2. The summed E-state index contributed by atoms with van der Waals surface area (Å²) in [5.74, 6) is 1.37. The number of halogens is 6. The predicted molar refractivity (Wildman–Crippen MR) is 148 cm³/mol. The molecule has 0 aliphatic carbocycles. The van der Waals surface area contributed by atoms with E-state index in [2.05, 4.69) is 30.5 Å². The number of aromatic nitrogens is 3. The summed E-state index contributed by atoms with van der Waals surface area (Å²) in [5.41, 5.74) is 0.0785. The second kappa shape index (κ2) is 10.7. The molecule has 216 valence electrons. The van der Waals surface area contributed by atoms with Crippen molar-refractivity contribution in [2.75, 3.05) is 23.3 Å². The number of fused-ring (bicyclic) bond motifs is 1. The fourth-order valence-corrected chi connectivity index (χ4v) is 5.10. The number of anilines is 3. The average Bonchev–Trinajstić information content (AvgIpc) is 3.52. The molecule has 1 saturated heterocycles. The first-order valence-electron chi connectivity index (χ1n) is 13.2. The monoisotopic (exact) mass is 582 g/mol. The predicted octanol–water partition coefficient (Wildman–Crippen LogP) is 7.70. The zero-order chi connectivity index (χ0) is 29.5. The standard InChI is InChI=1S/C30H24F6N6/c31-29(32,33)20-7-9-21(10-8-20)39-28-22-11-5-18(26-23(30(34,35)36)4-3-13-37-26)16-24(22)40-27(41-28)19-6-12-25(38-17-19)42-14-1-2-15-42/h3-13,16-17,26,37H,1-2,14-15H2,(H,39,40,41). The van der Waals surface area contributed by atoms with Crippen LogP contribution in [0.25, 0.3) is 22.3 Å². The molecular formula is C30H24F6N6. The van der Waals surface area contributed by atoms with E-state index < -0.39 is 29.5 Å². The summed E-state index contributed by atoms with van der Waals surface area (Å²) in [4.78, 5) is 16.0. The molecule has 42 heavy (non-hydrogen) atoms. The molecule has 2 aliphatic heterocycles. The minimum Gasteiger partial charge on any atom is -0.380 e. The Balaban J connectivity index is 1.42. The molecule has 2 aromatic carbocycles. The van der Waals surface area contributed by atoms with E-state index in [1.165, 1.54) is 24.4 Å². The molecule has 0 amide bonds. The molecule has 2 aliphatic rings. The van der Waals surface area contributed by atoms with Gasteiger partial charge in [0, 0.05) is 35.9 Å². The first kappa shape index (κ1) is 27.6. The van der Waals surface area contributed by atoms with E-state index in [9.17, 15) is 26.3 Å². The molecule has 0 saturated carbocycles. The lowest BCUT2D eigenvalue weighted by atomic mass is 9.95. The normalized spacial score (nSPS) is 17.3. The number of nitrogens with one attached hydrogen (secondary N) is 2. The van der Waals surface area contributed by atoms with Gasteiger partial charge in [0.05, 0.1) is 22.7 Å². The maximum atomic E-state index is 13.8. The third-order valence-corrected chi connectivity index (χ3v) is 7.24. The van der Waals surface area contributed by atoms with E-state index in [0.717, 1.165) is 50.0 Å². The smallest absolute Gasteiger partial charge is 0.380 e. The molecule has 6 rings (SSSR count). The van der Waals surface area contributed by atoms with Crippen LogP contribution in [-0.4, -0.2) is 34.2 Å². The molecule has 1 fully saturated rings. The van der Waals surface area contributed by atoms with Gasteiger partial charge in [0.2, 0.25) is 0 Å². The largest absolute Gasteiger partial charge is 0.416 e. The highest BCUT2D eigenvalue weighted by Gasteiger charge is 2.39. The molecule has 12 heteroatoms. The highest BCUT2D eigenvalue weighted by molar-refractivity contribution is 5.92.